The summed E-state index contributed by atoms with van der Waals surface area (Å²) in [4.78, 5) is 17.6. The van der Waals surface area contributed by atoms with Crippen molar-refractivity contribution in [2.24, 2.45) is 0 Å². The number of aryl methyl sites for hydroxylation is 2. The molecule has 0 bridgehead atoms. The number of rotatable bonds is 3. The van der Waals surface area contributed by atoms with Crippen molar-refractivity contribution >= 4 is 11.6 Å². The van der Waals surface area contributed by atoms with E-state index in [4.69, 9.17) is 4.52 Å². The Hall–Kier alpha value is -2.47. The number of nitrogens with zero attached hydrogens (tertiary/aromatic N) is 3. The normalized spacial score (nSPS) is 18.2. The zero-order valence-corrected chi connectivity index (χ0v) is 17.6. The van der Waals surface area contributed by atoms with Gasteiger partial charge in [0.25, 0.3) is 5.91 Å². The number of hydrogen-bond donors (Lipinski definition) is 0. The van der Waals surface area contributed by atoms with Crippen LogP contribution in [0.4, 0.5) is 10.1 Å². The molecule has 1 fully saturated rings. The van der Waals surface area contributed by atoms with Crippen molar-refractivity contribution in [3.05, 3.63) is 58.2 Å². The number of aromatic nitrogens is 1. The molecule has 6 heteroatoms. The quantitative estimate of drug-likeness (QED) is 0.721. The van der Waals surface area contributed by atoms with Crippen LogP contribution in [0.15, 0.2) is 34.4 Å². The van der Waals surface area contributed by atoms with Gasteiger partial charge in [-0.2, -0.15) is 0 Å². The summed E-state index contributed by atoms with van der Waals surface area (Å²) in [6.07, 6.45) is 4.06. The van der Waals surface area contributed by atoms with Gasteiger partial charge in [0.1, 0.15) is 17.1 Å². The second kappa shape index (κ2) is 7.41. The minimum atomic E-state index is -0.248. The Bertz CT molecular complexity index is 947. The van der Waals surface area contributed by atoms with E-state index >= 15 is 0 Å². The summed E-state index contributed by atoms with van der Waals surface area (Å²) < 4.78 is 19.4. The van der Waals surface area contributed by atoms with E-state index in [1.807, 2.05) is 0 Å². The third kappa shape index (κ3) is 3.50. The largest absolute Gasteiger partial charge is 0.361 e. The smallest absolute Gasteiger partial charge is 0.263 e. The van der Waals surface area contributed by atoms with Gasteiger partial charge in [0.05, 0.1) is 5.69 Å². The molecule has 0 saturated carbocycles. The highest BCUT2D eigenvalue weighted by Crippen LogP contribution is 2.48. The molecule has 2 aliphatic rings. The molecule has 5 nitrogen and oxygen atoms in total. The number of allylic oxidation sites excluding steroid dienone is 1. The number of likely N-dealkylation sites (tertiary alicyclic amines) is 1. The lowest BCUT2D eigenvalue weighted by molar-refractivity contribution is 0.0975. The van der Waals surface area contributed by atoms with Crippen molar-refractivity contribution in [3.8, 4) is 0 Å². The summed E-state index contributed by atoms with van der Waals surface area (Å²) in [6, 6.07) is 4.81. The number of carbonyl (C=O) groups is 1. The van der Waals surface area contributed by atoms with E-state index in [2.05, 4.69) is 30.0 Å². The first-order valence-corrected chi connectivity index (χ1v) is 10.2. The van der Waals surface area contributed by atoms with Crippen molar-refractivity contribution in [3.63, 3.8) is 0 Å². The van der Waals surface area contributed by atoms with E-state index in [0.717, 1.165) is 43.7 Å². The average Bonchev–Trinajstić information content (AvgIpc) is 3.18. The van der Waals surface area contributed by atoms with Gasteiger partial charge < -0.3 is 9.42 Å². The van der Waals surface area contributed by atoms with Crippen molar-refractivity contribution in [2.75, 3.05) is 31.1 Å². The first-order valence-electron chi connectivity index (χ1n) is 10.2. The predicted octanol–water partition coefficient (Wildman–Crippen LogP) is 4.39. The van der Waals surface area contributed by atoms with E-state index < -0.39 is 0 Å². The van der Waals surface area contributed by atoms with Crippen LogP contribution in [0.25, 0.3) is 0 Å². The Morgan fingerprint density at radius 1 is 1.28 bits per heavy atom. The van der Waals surface area contributed by atoms with Crippen LogP contribution in [-0.4, -0.2) is 42.1 Å². The molecular formula is C23H28FN3O2. The van der Waals surface area contributed by atoms with Gasteiger partial charge in [0.15, 0.2) is 0 Å². The monoisotopic (exact) mass is 397 g/mol. The maximum absolute atomic E-state index is 14.2. The molecule has 0 radical (unpaired) electrons. The third-order valence-electron chi connectivity index (χ3n) is 6.34. The van der Waals surface area contributed by atoms with Gasteiger partial charge in [-0.05, 0) is 77.4 Å². The topological polar surface area (TPSA) is 49.6 Å². The molecule has 1 aromatic heterocycles. The number of anilines is 1. The zero-order chi connectivity index (χ0) is 20.8. The molecule has 2 aliphatic heterocycles. The van der Waals surface area contributed by atoms with Gasteiger partial charge in [0, 0.05) is 24.2 Å². The Kier molecular flexibility index (Phi) is 5.07. The molecule has 0 atom stereocenters. The first kappa shape index (κ1) is 19.8. The average molecular weight is 397 g/mol. The van der Waals surface area contributed by atoms with Gasteiger partial charge in [0.2, 0.25) is 0 Å². The fourth-order valence-electron chi connectivity index (χ4n) is 4.65. The highest BCUT2D eigenvalue weighted by atomic mass is 19.1. The third-order valence-corrected chi connectivity index (χ3v) is 6.34. The summed E-state index contributed by atoms with van der Waals surface area (Å²) in [5.74, 6) is 0.161. The molecule has 1 amide bonds. The highest BCUT2D eigenvalue weighted by Gasteiger charge is 2.47. The number of hydrogen-bond acceptors (Lipinski definition) is 4. The maximum Gasteiger partial charge on any atom is 0.263 e. The van der Waals surface area contributed by atoms with Crippen LogP contribution >= 0.6 is 0 Å². The summed E-state index contributed by atoms with van der Waals surface area (Å²) in [5, 5.41) is 3.93. The summed E-state index contributed by atoms with van der Waals surface area (Å²) in [6.45, 7) is 11.1. The van der Waals surface area contributed by atoms with Crippen molar-refractivity contribution in [1.29, 1.82) is 0 Å². The van der Waals surface area contributed by atoms with Crippen LogP contribution in [0.1, 0.15) is 54.1 Å². The van der Waals surface area contributed by atoms with Crippen LogP contribution < -0.4 is 4.90 Å². The van der Waals surface area contributed by atoms with Crippen LogP contribution in [0.5, 0.6) is 0 Å². The molecule has 0 N–H and O–H groups in total. The molecule has 0 aliphatic carbocycles. The number of carbonyl (C=O) groups excluding carboxylic acids is 1. The Morgan fingerprint density at radius 2 is 2.00 bits per heavy atom. The van der Waals surface area contributed by atoms with Crippen LogP contribution in [0.3, 0.4) is 0 Å². The summed E-state index contributed by atoms with van der Waals surface area (Å²) >= 11 is 0. The lowest BCUT2D eigenvalue weighted by atomic mass is 9.74. The lowest BCUT2D eigenvalue weighted by Crippen LogP contribution is -2.46. The lowest BCUT2D eigenvalue weighted by Gasteiger charge is -2.39. The van der Waals surface area contributed by atoms with E-state index in [1.54, 1.807) is 30.9 Å². The number of fused-ring (bicyclic) bond motifs is 2. The summed E-state index contributed by atoms with van der Waals surface area (Å²) in [7, 11) is 0. The van der Waals surface area contributed by atoms with Gasteiger partial charge >= 0.3 is 0 Å². The summed E-state index contributed by atoms with van der Waals surface area (Å²) in [5.41, 5.74) is 3.99. The number of halogens is 1. The van der Waals surface area contributed by atoms with Gasteiger partial charge in [-0.3, -0.25) is 9.69 Å². The Labute approximate surface area is 171 Å². The zero-order valence-electron chi connectivity index (χ0n) is 17.6. The van der Waals surface area contributed by atoms with E-state index in [1.165, 1.54) is 11.6 Å². The van der Waals surface area contributed by atoms with E-state index in [-0.39, 0.29) is 17.1 Å². The van der Waals surface area contributed by atoms with Gasteiger partial charge in [-0.25, -0.2) is 4.39 Å². The maximum atomic E-state index is 14.2. The first-order chi connectivity index (χ1) is 13.8. The molecule has 1 saturated heterocycles. The fourth-order valence-corrected chi connectivity index (χ4v) is 4.65. The van der Waals surface area contributed by atoms with E-state index in [0.29, 0.717) is 23.6 Å². The molecule has 2 aromatic rings. The highest BCUT2D eigenvalue weighted by molar-refractivity contribution is 6.09. The molecule has 1 spiro atoms. The molecule has 4 rings (SSSR count). The van der Waals surface area contributed by atoms with Crippen molar-refractivity contribution in [1.82, 2.24) is 10.1 Å². The molecule has 154 valence electrons. The Balaban J connectivity index is 1.64. The Morgan fingerprint density at radius 3 is 2.62 bits per heavy atom. The van der Waals surface area contributed by atoms with Gasteiger partial charge in [-0.15, -0.1) is 0 Å². The van der Waals surface area contributed by atoms with Crippen molar-refractivity contribution < 1.29 is 13.7 Å². The minimum Gasteiger partial charge on any atom is -0.361 e. The molecule has 29 heavy (non-hydrogen) atoms. The SMILES string of the molecule is CC(C)=CCN1CCC2(CC1)CN(C(=O)c1c(C)noc1C)c1ccc(F)cc12. The number of amides is 1. The fraction of sp³-hybridized carbons (Fsp3) is 0.478. The standard InChI is InChI=1S/C23H28FN3O2/c1-15(2)7-10-26-11-8-23(9-12-26)14-27(20-6-5-18(24)13-19(20)23)22(28)21-16(3)25-29-17(21)4/h5-7,13H,8-12,14H2,1-4H3. The molecule has 1 aromatic carbocycles. The van der Waals surface area contributed by atoms with Crippen LogP contribution in [0, 0.1) is 19.7 Å². The molecular weight excluding hydrogens is 369 g/mol. The second-order valence-corrected chi connectivity index (χ2v) is 8.61. The predicted molar refractivity (Wildman–Crippen MR) is 111 cm³/mol. The van der Waals surface area contributed by atoms with Crippen LogP contribution in [0.2, 0.25) is 0 Å². The minimum absolute atomic E-state index is 0.113. The number of benzene rings is 1. The van der Waals surface area contributed by atoms with Crippen LogP contribution in [-0.2, 0) is 5.41 Å². The second-order valence-electron chi connectivity index (χ2n) is 8.61. The van der Waals surface area contributed by atoms with Gasteiger partial charge in [-0.1, -0.05) is 16.8 Å². The number of piperidine rings is 1. The molecule has 3 heterocycles. The molecule has 0 unspecified atom stereocenters. The van der Waals surface area contributed by atoms with E-state index in [9.17, 15) is 9.18 Å². The van der Waals surface area contributed by atoms with Crippen molar-refractivity contribution in [2.45, 2.75) is 46.0 Å².